The zero-order chi connectivity index (χ0) is 16.9. The average molecular weight is 400 g/mol. The Kier molecular flexibility index (Phi) is 7.81. The first-order valence-corrected chi connectivity index (χ1v) is 9.74. The topological polar surface area (TPSA) is 58.0 Å². The van der Waals surface area contributed by atoms with Gasteiger partial charge in [-0.15, -0.1) is 12.4 Å². The number of thioether (sulfide) groups is 1. The van der Waals surface area contributed by atoms with E-state index in [0.717, 1.165) is 40.8 Å². The van der Waals surface area contributed by atoms with Crippen molar-refractivity contribution < 1.29 is 5.11 Å². The predicted molar refractivity (Wildman–Crippen MR) is 107 cm³/mol. The van der Waals surface area contributed by atoms with E-state index in [1.807, 2.05) is 18.2 Å². The minimum Gasteiger partial charge on any atom is -0.387 e. The zero-order valence-corrected chi connectivity index (χ0v) is 16.6. The summed E-state index contributed by atoms with van der Waals surface area (Å²) in [5.41, 5.74) is 3.09. The quantitative estimate of drug-likeness (QED) is 0.544. The largest absolute Gasteiger partial charge is 0.387 e. The minimum absolute atomic E-state index is 0. The molecule has 25 heavy (non-hydrogen) atoms. The molecule has 0 aliphatic heterocycles. The first-order chi connectivity index (χ1) is 11.7. The number of rotatable bonds is 6. The van der Waals surface area contributed by atoms with Crippen LogP contribution in [0.1, 0.15) is 42.7 Å². The molecule has 1 heterocycles. The van der Waals surface area contributed by atoms with Crippen LogP contribution >= 0.6 is 35.8 Å². The smallest absolute Gasteiger partial charge is 0.189 e. The summed E-state index contributed by atoms with van der Waals surface area (Å²) >= 11 is 7.82. The van der Waals surface area contributed by atoms with Crippen molar-refractivity contribution in [1.29, 1.82) is 0 Å². The van der Waals surface area contributed by atoms with Gasteiger partial charge in [0.1, 0.15) is 5.82 Å². The van der Waals surface area contributed by atoms with Crippen molar-refractivity contribution in [1.82, 2.24) is 9.97 Å². The van der Waals surface area contributed by atoms with Gasteiger partial charge >= 0.3 is 0 Å². The molecule has 1 unspecified atom stereocenters. The van der Waals surface area contributed by atoms with Gasteiger partial charge in [-0.25, -0.2) is 9.97 Å². The van der Waals surface area contributed by atoms with E-state index in [1.165, 1.54) is 18.4 Å². The molecule has 1 atom stereocenters. The lowest BCUT2D eigenvalue weighted by Gasteiger charge is -2.21. The molecule has 2 N–H and O–H groups in total. The Labute approximate surface area is 164 Å². The Hall–Kier alpha value is -1.01. The first kappa shape index (κ1) is 20.3. The number of nitrogens with one attached hydrogen (secondary N) is 1. The maximum atomic E-state index is 10.4. The van der Waals surface area contributed by atoms with Crippen LogP contribution in [0.4, 0.5) is 5.82 Å². The van der Waals surface area contributed by atoms with Crippen LogP contribution < -0.4 is 5.32 Å². The lowest BCUT2D eigenvalue weighted by atomic mass is 9.96. The van der Waals surface area contributed by atoms with Gasteiger partial charge in [-0.1, -0.05) is 48.5 Å². The van der Waals surface area contributed by atoms with Gasteiger partial charge in [-0.2, -0.15) is 0 Å². The van der Waals surface area contributed by atoms with E-state index in [4.69, 9.17) is 16.6 Å². The molecule has 0 spiro atoms. The maximum Gasteiger partial charge on any atom is 0.189 e. The van der Waals surface area contributed by atoms with E-state index >= 15 is 0 Å². The molecule has 7 heteroatoms. The number of fused-ring (bicyclic) bond motifs is 1. The maximum absolute atomic E-state index is 10.4. The standard InChI is InChI=1S/C18H22ClN3OS.ClH/c1-2-24-18-21-15-10-6-4-8-13(15)17(22-18)20-11-16(23)12-7-3-5-9-14(12)19;/h3,5,7,9,16,23H,2,4,6,8,10-11H2,1H3,(H,20,21,22);1H. The molecule has 1 aliphatic carbocycles. The number of hydrogen-bond acceptors (Lipinski definition) is 5. The van der Waals surface area contributed by atoms with E-state index in [9.17, 15) is 5.11 Å². The third kappa shape index (κ3) is 5.00. The van der Waals surface area contributed by atoms with Crippen molar-refractivity contribution in [2.75, 3.05) is 17.6 Å². The third-order valence-corrected chi connectivity index (χ3v) is 5.24. The van der Waals surface area contributed by atoms with Gasteiger partial charge in [0.15, 0.2) is 5.16 Å². The summed E-state index contributed by atoms with van der Waals surface area (Å²) in [6.07, 6.45) is 3.68. The number of anilines is 1. The van der Waals surface area contributed by atoms with Crippen LogP contribution in [0.15, 0.2) is 29.4 Å². The molecule has 0 saturated heterocycles. The van der Waals surface area contributed by atoms with Crippen LogP contribution in [-0.4, -0.2) is 27.4 Å². The number of aromatic nitrogens is 2. The van der Waals surface area contributed by atoms with Gasteiger partial charge in [0.2, 0.25) is 0 Å². The fraction of sp³-hybridized carbons (Fsp3) is 0.444. The average Bonchev–Trinajstić information content (AvgIpc) is 2.60. The van der Waals surface area contributed by atoms with E-state index in [0.29, 0.717) is 11.6 Å². The zero-order valence-electron chi connectivity index (χ0n) is 14.2. The molecule has 2 aromatic rings. The number of halogens is 2. The Bertz CT molecular complexity index is 715. The van der Waals surface area contributed by atoms with Crippen molar-refractivity contribution in [3.05, 3.63) is 46.1 Å². The van der Waals surface area contributed by atoms with Crippen molar-refractivity contribution >= 4 is 41.6 Å². The molecular formula is C18H23Cl2N3OS. The molecule has 3 rings (SSSR count). The van der Waals surface area contributed by atoms with Crippen molar-refractivity contribution in [2.24, 2.45) is 0 Å². The number of aryl methyl sites for hydroxylation is 1. The van der Waals surface area contributed by atoms with E-state index in [-0.39, 0.29) is 12.4 Å². The van der Waals surface area contributed by atoms with Gasteiger partial charge in [0.25, 0.3) is 0 Å². The predicted octanol–water partition coefficient (Wildman–Crippen LogP) is 4.69. The summed E-state index contributed by atoms with van der Waals surface area (Å²) in [7, 11) is 0. The summed E-state index contributed by atoms with van der Waals surface area (Å²) in [4.78, 5) is 9.35. The molecule has 1 aromatic heterocycles. The summed E-state index contributed by atoms with van der Waals surface area (Å²) in [5.74, 6) is 1.81. The van der Waals surface area contributed by atoms with Gasteiger partial charge < -0.3 is 10.4 Å². The summed E-state index contributed by atoms with van der Waals surface area (Å²) in [6, 6.07) is 7.39. The Balaban J connectivity index is 0.00000225. The van der Waals surface area contributed by atoms with Crippen LogP contribution in [0.3, 0.4) is 0 Å². The van der Waals surface area contributed by atoms with Crippen LogP contribution in [0, 0.1) is 0 Å². The molecule has 136 valence electrons. The lowest BCUT2D eigenvalue weighted by molar-refractivity contribution is 0.191. The summed E-state index contributed by atoms with van der Waals surface area (Å²) in [6.45, 7) is 2.48. The number of hydrogen-bond donors (Lipinski definition) is 2. The van der Waals surface area contributed by atoms with Gasteiger partial charge in [0, 0.05) is 22.7 Å². The molecule has 0 bridgehead atoms. The second kappa shape index (κ2) is 9.62. The van der Waals surface area contributed by atoms with E-state index < -0.39 is 6.10 Å². The normalized spacial score (nSPS) is 14.4. The highest BCUT2D eigenvalue weighted by atomic mass is 35.5. The SMILES string of the molecule is CCSc1nc2c(c(NCC(O)c3ccccc3Cl)n1)CCCC2.Cl. The highest BCUT2D eigenvalue weighted by Gasteiger charge is 2.19. The fourth-order valence-corrected chi connectivity index (χ4v) is 3.81. The van der Waals surface area contributed by atoms with E-state index in [2.05, 4.69) is 17.2 Å². The van der Waals surface area contributed by atoms with E-state index in [1.54, 1.807) is 17.8 Å². The van der Waals surface area contributed by atoms with Crippen LogP contribution in [0.5, 0.6) is 0 Å². The van der Waals surface area contributed by atoms with Crippen LogP contribution in [0.25, 0.3) is 0 Å². The third-order valence-electron chi connectivity index (χ3n) is 4.16. The van der Waals surface area contributed by atoms with Crippen molar-refractivity contribution in [3.8, 4) is 0 Å². The Morgan fingerprint density at radius 3 is 2.76 bits per heavy atom. The Morgan fingerprint density at radius 1 is 1.24 bits per heavy atom. The molecule has 0 saturated carbocycles. The molecule has 0 radical (unpaired) electrons. The monoisotopic (exact) mass is 399 g/mol. The van der Waals surface area contributed by atoms with Crippen molar-refractivity contribution in [2.45, 2.75) is 43.9 Å². The minimum atomic E-state index is -0.671. The number of aliphatic hydroxyl groups is 1. The molecule has 1 aliphatic rings. The van der Waals surface area contributed by atoms with Gasteiger partial charge in [-0.05, 0) is 37.5 Å². The number of aliphatic hydroxyl groups excluding tert-OH is 1. The molecular weight excluding hydrogens is 377 g/mol. The highest BCUT2D eigenvalue weighted by Crippen LogP contribution is 2.29. The Morgan fingerprint density at radius 2 is 2.00 bits per heavy atom. The van der Waals surface area contributed by atoms with Crippen LogP contribution in [-0.2, 0) is 12.8 Å². The number of benzene rings is 1. The van der Waals surface area contributed by atoms with Gasteiger partial charge in [0.05, 0.1) is 11.8 Å². The summed E-state index contributed by atoms with van der Waals surface area (Å²) < 4.78 is 0. The highest BCUT2D eigenvalue weighted by molar-refractivity contribution is 7.99. The fourth-order valence-electron chi connectivity index (χ4n) is 2.96. The molecule has 0 amide bonds. The summed E-state index contributed by atoms with van der Waals surface area (Å²) in [5, 5.41) is 15.2. The second-order valence-corrected chi connectivity index (χ2v) is 7.48. The second-order valence-electron chi connectivity index (χ2n) is 5.84. The molecule has 1 aromatic carbocycles. The lowest BCUT2D eigenvalue weighted by Crippen LogP contribution is -2.18. The van der Waals surface area contributed by atoms with Crippen LogP contribution in [0.2, 0.25) is 5.02 Å². The van der Waals surface area contributed by atoms with Crippen molar-refractivity contribution in [3.63, 3.8) is 0 Å². The molecule has 0 fully saturated rings. The molecule has 4 nitrogen and oxygen atoms in total. The first-order valence-electron chi connectivity index (χ1n) is 8.38. The van der Waals surface area contributed by atoms with Gasteiger partial charge in [-0.3, -0.25) is 0 Å². The number of nitrogens with zero attached hydrogens (tertiary/aromatic N) is 2.